The van der Waals surface area contributed by atoms with Gasteiger partial charge in [0, 0.05) is 44.0 Å². The fourth-order valence-corrected chi connectivity index (χ4v) is 9.22. The first-order chi connectivity index (χ1) is 30.2. The highest BCUT2D eigenvalue weighted by atomic mass is 16.3. The van der Waals surface area contributed by atoms with Crippen molar-refractivity contribution in [3.05, 3.63) is 224 Å². The molecule has 0 radical (unpaired) electrons. The van der Waals surface area contributed by atoms with Crippen LogP contribution in [0.15, 0.2) is 233 Å². The smallest absolute Gasteiger partial charge is 0.143 e. The minimum absolute atomic E-state index is 0.878. The Hall–Kier alpha value is -8.14. The van der Waals surface area contributed by atoms with Gasteiger partial charge >= 0.3 is 0 Å². The van der Waals surface area contributed by atoms with E-state index in [4.69, 9.17) is 8.83 Å². The van der Waals surface area contributed by atoms with Gasteiger partial charge in [0.1, 0.15) is 22.3 Å². The molecule has 286 valence electrons. The quantitative estimate of drug-likeness (QED) is 0.161. The van der Waals surface area contributed by atoms with E-state index in [0.29, 0.717) is 0 Å². The average molecular weight is 780 g/mol. The van der Waals surface area contributed by atoms with Gasteiger partial charge in [0.05, 0.1) is 5.69 Å². The Morgan fingerprint density at radius 3 is 1.70 bits per heavy atom. The molecule has 0 fully saturated rings. The Morgan fingerprint density at radius 2 is 0.885 bits per heavy atom. The van der Waals surface area contributed by atoms with Crippen LogP contribution in [0, 0.1) is 0 Å². The summed E-state index contributed by atoms with van der Waals surface area (Å²) in [5, 5.41) is 6.85. The van der Waals surface area contributed by atoms with Crippen LogP contribution in [0.1, 0.15) is 0 Å². The molecule has 0 N–H and O–H groups in total. The summed E-state index contributed by atoms with van der Waals surface area (Å²) in [5.41, 5.74) is 15.8. The number of furan rings is 2. The van der Waals surface area contributed by atoms with Crippen LogP contribution < -0.4 is 4.90 Å². The van der Waals surface area contributed by atoms with Gasteiger partial charge in [-0.1, -0.05) is 170 Å². The molecule has 12 aromatic rings. The maximum Gasteiger partial charge on any atom is 0.143 e. The number of nitrogens with zero attached hydrogens (tertiary/aromatic N) is 1. The van der Waals surface area contributed by atoms with Crippen LogP contribution in [0.2, 0.25) is 0 Å². The maximum atomic E-state index is 6.57. The molecule has 0 atom stereocenters. The molecule has 0 bridgehead atoms. The maximum absolute atomic E-state index is 6.57. The highest BCUT2D eigenvalue weighted by Gasteiger charge is 2.22. The molecule has 2 heterocycles. The van der Waals surface area contributed by atoms with Crippen molar-refractivity contribution in [2.45, 2.75) is 0 Å². The third-order valence-corrected chi connectivity index (χ3v) is 12.1. The number of para-hydroxylation sites is 3. The van der Waals surface area contributed by atoms with E-state index in [1.54, 1.807) is 0 Å². The summed E-state index contributed by atoms with van der Waals surface area (Å²) in [6.45, 7) is 0. The van der Waals surface area contributed by atoms with Crippen molar-refractivity contribution in [1.82, 2.24) is 0 Å². The lowest BCUT2D eigenvalue weighted by Crippen LogP contribution is -2.11. The topological polar surface area (TPSA) is 29.5 Å². The third kappa shape index (κ3) is 5.90. The summed E-state index contributed by atoms with van der Waals surface area (Å²) >= 11 is 0. The highest BCUT2D eigenvalue weighted by molar-refractivity contribution is 6.17. The number of rotatable bonds is 7. The van der Waals surface area contributed by atoms with Crippen molar-refractivity contribution in [2.24, 2.45) is 0 Å². The van der Waals surface area contributed by atoms with Gasteiger partial charge in [0.2, 0.25) is 0 Å². The molecular formula is C58H37NO2. The largest absolute Gasteiger partial charge is 0.456 e. The Bertz CT molecular complexity index is 3580. The fourth-order valence-electron chi connectivity index (χ4n) is 9.22. The van der Waals surface area contributed by atoms with Gasteiger partial charge in [0.25, 0.3) is 0 Å². The predicted molar refractivity (Wildman–Crippen MR) is 255 cm³/mol. The molecule has 61 heavy (non-hydrogen) atoms. The van der Waals surface area contributed by atoms with Crippen LogP contribution >= 0.6 is 0 Å². The van der Waals surface area contributed by atoms with E-state index >= 15 is 0 Å². The van der Waals surface area contributed by atoms with Crippen molar-refractivity contribution in [3.63, 3.8) is 0 Å². The number of anilines is 3. The van der Waals surface area contributed by atoms with Gasteiger partial charge in [0.15, 0.2) is 0 Å². The molecule has 0 aliphatic carbocycles. The van der Waals surface area contributed by atoms with Gasteiger partial charge in [-0.15, -0.1) is 0 Å². The van der Waals surface area contributed by atoms with E-state index in [0.717, 1.165) is 105 Å². The predicted octanol–water partition coefficient (Wildman–Crippen LogP) is 16.8. The molecule has 0 unspecified atom stereocenters. The fraction of sp³-hybridized carbons (Fsp3) is 0. The van der Waals surface area contributed by atoms with Gasteiger partial charge < -0.3 is 13.7 Å². The number of hydrogen-bond donors (Lipinski definition) is 0. The molecule has 0 spiro atoms. The molecule has 0 aliphatic heterocycles. The van der Waals surface area contributed by atoms with Crippen molar-refractivity contribution < 1.29 is 8.83 Å². The summed E-state index contributed by atoms with van der Waals surface area (Å²) in [4.78, 5) is 2.39. The third-order valence-electron chi connectivity index (χ3n) is 12.1. The molecule has 0 amide bonds. The molecule has 0 saturated carbocycles. The van der Waals surface area contributed by atoms with Crippen molar-refractivity contribution >= 4 is 71.7 Å². The SMILES string of the molecule is c1ccc(-c2cc(N(c3ccc(-c4cccc5c4oc4ccccc45)cc3)c3ccccc3-c3ccccc3)ccc2-c2cccc3oc4cc5ccccc5cc4c23)cc1. The molecule has 10 aromatic carbocycles. The first-order valence-corrected chi connectivity index (χ1v) is 20.7. The van der Waals surface area contributed by atoms with E-state index in [1.807, 2.05) is 12.1 Å². The van der Waals surface area contributed by atoms with Crippen molar-refractivity contribution in [2.75, 3.05) is 4.90 Å². The Morgan fingerprint density at radius 1 is 0.295 bits per heavy atom. The molecule has 0 aliphatic rings. The van der Waals surface area contributed by atoms with Crippen LogP contribution in [0.4, 0.5) is 17.1 Å². The van der Waals surface area contributed by atoms with E-state index in [1.165, 1.54) is 10.8 Å². The standard InChI is InChI=1S/C58H37NO2/c1-3-15-38(16-4-1)45-21-9-11-26-53(45)59(43-31-29-40(30-32-43)46-23-13-25-50-48-22-10-12-27-54(48)61-58(46)50)44-33-34-47(51(37-44)39-17-5-2-6-18-39)49-24-14-28-55-57(49)52-35-41-19-7-8-20-42(41)36-56(52)60-55/h1-37H. The Balaban J connectivity index is 1.06. The lowest BCUT2D eigenvalue weighted by atomic mass is 9.90. The van der Waals surface area contributed by atoms with Crippen LogP contribution in [-0.2, 0) is 0 Å². The van der Waals surface area contributed by atoms with E-state index in [9.17, 15) is 0 Å². The normalized spacial score (nSPS) is 11.6. The van der Waals surface area contributed by atoms with Crippen LogP contribution in [0.25, 0.3) is 99.2 Å². The number of hydrogen-bond acceptors (Lipinski definition) is 3. The highest BCUT2D eigenvalue weighted by Crippen LogP contribution is 2.47. The zero-order valence-electron chi connectivity index (χ0n) is 33.1. The number of fused-ring (bicyclic) bond motifs is 7. The average Bonchev–Trinajstić information content (AvgIpc) is 3.90. The lowest BCUT2D eigenvalue weighted by Gasteiger charge is -2.29. The van der Waals surface area contributed by atoms with Crippen LogP contribution in [0.5, 0.6) is 0 Å². The second-order valence-corrected chi connectivity index (χ2v) is 15.6. The summed E-state index contributed by atoms with van der Waals surface area (Å²) < 4.78 is 13.0. The minimum Gasteiger partial charge on any atom is -0.456 e. The Kier molecular flexibility index (Phi) is 8.17. The van der Waals surface area contributed by atoms with E-state index in [-0.39, 0.29) is 0 Å². The Labute approximate surface area is 353 Å². The van der Waals surface area contributed by atoms with Gasteiger partial charge in [-0.3, -0.25) is 0 Å². The molecular weight excluding hydrogens is 743 g/mol. The molecule has 3 heteroatoms. The van der Waals surface area contributed by atoms with Crippen LogP contribution in [-0.4, -0.2) is 0 Å². The van der Waals surface area contributed by atoms with E-state index < -0.39 is 0 Å². The zero-order chi connectivity index (χ0) is 40.3. The summed E-state index contributed by atoms with van der Waals surface area (Å²) in [6.07, 6.45) is 0. The van der Waals surface area contributed by atoms with E-state index in [2.05, 4.69) is 217 Å². The number of benzene rings is 10. The van der Waals surface area contributed by atoms with Gasteiger partial charge in [-0.2, -0.15) is 0 Å². The van der Waals surface area contributed by atoms with Gasteiger partial charge in [-0.25, -0.2) is 0 Å². The van der Waals surface area contributed by atoms with Crippen LogP contribution in [0.3, 0.4) is 0 Å². The second kappa shape index (κ2) is 14.3. The molecule has 3 nitrogen and oxygen atoms in total. The zero-order valence-corrected chi connectivity index (χ0v) is 33.1. The molecule has 0 saturated heterocycles. The molecule has 12 rings (SSSR count). The lowest BCUT2D eigenvalue weighted by molar-refractivity contribution is 0.669. The first-order valence-electron chi connectivity index (χ1n) is 20.7. The first kappa shape index (κ1) is 34.9. The van der Waals surface area contributed by atoms with Gasteiger partial charge in [-0.05, 0) is 98.8 Å². The summed E-state index contributed by atoms with van der Waals surface area (Å²) in [7, 11) is 0. The monoisotopic (exact) mass is 779 g/mol. The summed E-state index contributed by atoms with van der Waals surface area (Å²) in [5.74, 6) is 0. The minimum atomic E-state index is 0.878. The van der Waals surface area contributed by atoms with Crippen molar-refractivity contribution in [3.8, 4) is 44.5 Å². The summed E-state index contributed by atoms with van der Waals surface area (Å²) in [6, 6.07) is 80.0. The second-order valence-electron chi connectivity index (χ2n) is 15.6. The van der Waals surface area contributed by atoms with Crippen molar-refractivity contribution in [1.29, 1.82) is 0 Å². The molecule has 2 aromatic heterocycles.